The number of amides is 1. The van der Waals surface area contributed by atoms with Crippen LogP contribution in [-0.2, 0) is 27.5 Å². The predicted octanol–water partition coefficient (Wildman–Crippen LogP) is 6.89. The van der Waals surface area contributed by atoms with Crippen LogP contribution in [0.3, 0.4) is 0 Å². The summed E-state index contributed by atoms with van der Waals surface area (Å²) in [7, 11) is -3.45. The molecule has 0 aliphatic carbocycles. The third kappa shape index (κ3) is 7.68. The van der Waals surface area contributed by atoms with Gasteiger partial charge in [0.2, 0.25) is 0 Å². The molecule has 2 aromatic heterocycles. The lowest BCUT2D eigenvalue weighted by molar-refractivity contribution is 0.101. The second-order valence-corrected chi connectivity index (χ2v) is 13.0. The van der Waals surface area contributed by atoms with Crippen LogP contribution in [0.1, 0.15) is 44.1 Å². The Morgan fingerprint density at radius 2 is 1.91 bits per heavy atom. The Hall–Kier alpha value is -2.16. The number of nitrogens with zero attached hydrogens (tertiary/aromatic N) is 1. The average Bonchev–Trinajstić information content (AvgIpc) is 3.49. The lowest BCUT2D eigenvalue weighted by Gasteiger charge is -2.22. The molecule has 2 heterocycles. The number of hydrogen-bond acceptors (Lipinski definition) is 6. The summed E-state index contributed by atoms with van der Waals surface area (Å²) >= 11 is 2.96. The maximum Gasteiger partial charge on any atom is 0.410 e. The molecule has 3 aromatic rings. The standard InChI is InChI=1S/C26H33NO4S3/c1-4-5-12-31-26(28)27(11-14-34(29,30)25-10-7-13-32-25)18-21-8-6-9-22(16-21)23-17-24(33-19-23)15-20(2)3/h6-10,13,16-17,19-20H,4-5,11-12,14-15,18H2,1-3H3. The van der Waals surface area contributed by atoms with Gasteiger partial charge < -0.3 is 9.64 Å². The van der Waals surface area contributed by atoms with Crippen molar-refractivity contribution in [3.8, 4) is 11.1 Å². The molecule has 0 atom stereocenters. The molecule has 0 fully saturated rings. The van der Waals surface area contributed by atoms with E-state index < -0.39 is 15.9 Å². The number of hydrogen-bond donors (Lipinski definition) is 0. The van der Waals surface area contributed by atoms with E-state index in [4.69, 9.17) is 4.74 Å². The number of ether oxygens (including phenoxy) is 1. The Bertz CT molecular complexity index is 1150. The number of unbranched alkanes of at least 4 members (excludes halogenated alkanes) is 1. The number of carbonyl (C=O) groups excluding carboxylic acids is 1. The predicted molar refractivity (Wildman–Crippen MR) is 141 cm³/mol. The Morgan fingerprint density at radius 3 is 2.62 bits per heavy atom. The summed E-state index contributed by atoms with van der Waals surface area (Å²) in [6.07, 6.45) is 2.27. The second kappa shape index (κ2) is 12.5. The first kappa shape index (κ1) is 26.4. The van der Waals surface area contributed by atoms with Crippen molar-refractivity contribution < 1.29 is 17.9 Å². The zero-order valence-corrected chi connectivity index (χ0v) is 22.5. The molecule has 0 spiro atoms. The van der Waals surface area contributed by atoms with Crippen LogP contribution < -0.4 is 0 Å². The van der Waals surface area contributed by atoms with Crippen molar-refractivity contribution in [2.24, 2.45) is 5.92 Å². The highest BCUT2D eigenvalue weighted by molar-refractivity contribution is 7.93. The third-order valence-corrected chi connectivity index (χ3v) is 9.45. The first-order chi connectivity index (χ1) is 16.3. The Labute approximate surface area is 211 Å². The molecule has 0 bridgehead atoms. The van der Waals surface area contributed by atoms with Gasteiger partial charge in [0.15, 0.2) is 9.84 Å². The van der Waals surface area contributed by atoms with Crippen molar-refractivity contribution in [1.82, 2.24) is 4.90 Å². The van der Waals surface area contributed by atoms with Gasteiger partial charge in [-0.1, -0.05) is 51.5 Å². The maximum absolute atomic E-state index is 12.8. The van der Waals surface area contributed by atoms with E-state index in [1.165, 1.54) is 26.7 Å². The fraction of sp³-hybridized carbons (Fsp3) is 0.423. The molecule has 0 radical (unpaired) electrons. The largest absolute Gasteiger partial charge is 0.449 e. The van der Waals surface area contributed by atoms with E-state index in [9.17, 15) is 13.2 Å². The van der Waals surface area contributed by atoms with E-state index in [0.29, 0.717) is 23.3 Å². The highest BCUT2D eigenvalue weighted by atomic mass is 32.2. The lowest BCUT2D eigenvalue weighted by Crippen LogP contribution is -2.35. The van der Waals surface area contributed by atoms with Gasteiger partial charge in [0.1, 0.15) is 4.21 Å². The van der Waals surface area contributed by atoms with Crippen LogP contribution in [0, 0.1) is 5.92 Å². The zero-order chi connectivity index (χ0) is 24.6. The summed E-state index contributed by atoms with van der Waals surface area (Å²) in [5, 5.41) is 3.91. The number of rotatable bonds is 12. The quantitative estimate of drug-likeness (QED) is 0.245. The fourth-order valence-electron chi connectivity index (χ4n) is 3.51. The molecule has 8 heteroatoms. The van der Waals surface area contributed by atoms with Crippen LogP contribution in [0.4, 0.5) is 4.79 Å². The Kier molecular flexibility index (Phi) is 9.74. The summed E-state index contributed by atoms with van der Waals surface area (Å²) < 4.78 is 31.1. The van der Waals surface area contributed by atoms with Gasteiger partial charge in [-0.3, -0.25) is 0 Å². The Balaban J connectivity index is 1.75. The molecular weight excluding hydrogens is 486 g/mol. The van der Waals surface area contributed by atoms with E-state index in [2.05, 4.69) is 37.4 Å². The minimum atomic E-state index is -3.45. The highest BCUT2D eigenvalue weighted by Gasteiger charge is 2.22. The molecule has 0 aliphatic rings. The topological polar surface area (TPSA) is 63.7 Å². The summed E-state index contributed by atoms with van der Waals surface area (Å²) in [6.45, 7) is 7.16. The molecular formula is C26H33NO4S3. The molecule has 184 valence electrons. The minimum absolute atomic E-state index is 0.0758. The second-order valence-electron chi connectivity index (χ2n) is 8.74. The van der Waals surface area contributed by atoms with Gasteiger partial charge in [-0.05, 0) is 64.4 Å². The molecule has 0 saturated heterocycles. The van der Waals surface area contributed by atoms with Crippen molar-refractivity contribution in [2.45, 2.75) is 50.8 Å². The number of thiophene rings is 2. The zero-order valence-electron chi connectivity index (χ0n) is 20.0. The summed E-state index contributed by atoms with van der Waals surface area (Å²) in [5.41, 5.74) is 3.20. The van der Waals surface area contributed by atoms with Crippen molar-refractivity contribution in [1.29, 1.82) is 0 Å². The van der Waals surface area contributed by atoms with Crippen LogP contribution in [0.15, 0.2) is 57.4 Å². The molecule has 0 saturated carbocycles. The van der Waals surface area contributed by atoms with Gasteiger partial charge in [0.05, 0.1) is 12.4 Å². The van der Waals surface area contributed by atoms with E-state index in [1.807, 2.05) is 19.1 Å². The normalized spacial score (nSPS) is 11.6. The smallest absolute Gasteiger partial charge is 0.410 e. The van der Waals surface area contributed by atoms with Crippen LogP contribution in [0.25, 0.3) is 11.1 Å². The third-order valence-electron chi connectivity index (χ3n) is 5.31. The summed E-state index contributed by atoms with van der Waals surface area (Å²) in [5.74, 6) is 0.467. The first-order valence-electron chi connectivity index (χ1n) is 11.6. The van der Waals surface area contributed by atoms with Crippen LogP contribution in [0.5, 0.6) is 0 Å². The van der Waals surface area contributed by atoms with Gasteiger partial charge in [0, 0.05) is 18.0 Å². The van der Waals surface area contributed by atoms with Crippen LogP contribution in [0.2, 0.25) is 0 Å². The van der Waals surface area contributed by atoms with Crippen molar-refractivity contribution in [3.63, 3.8) is 0 Å². The van der Waals surface area contributed by atoms with Crippen molar-refractivity contribution in [2.75, 3.05) is 18.9 Å². The fourth-order valence-corrected chi connectivity index (χ4v) is 7.02. The maximum atomic E-state index is 12.8. The lowest BCUT2D eigenvalue weighted by atomic mass is 10.0. The number of benzene rings is 1. The molecule has 5 nitrogen and oxygen atoms in total. The van der Waals surface area contributed by atoms with E-state index >= 15 is 0 Å². The minimum Gasteiger partial charge on any atom is -0.449 e. The molecule has 3 rings (SSSR count). The first-order valence-corrected chi connectivity index (χ1v) is 15.0. The highest BCUT2D eigenvalue weighted by Crippen LogP contribution is 2.28. The summed E-state index contributed by atoms with van der Waals surface area (Å²) in [6, 6.07) is 13.6. The number of carbonyl (C=O) groups is 1. The molecule has 1 aromatic carbocycles. The van der Waals surface area contributed by atoms with Gasteiger partial charge in [0.25, 0.3) is 0 Å². The van der Waals surface area contributed by atoms with Crippen LogP contribution in [-0.4, -0.2) is 38.3 Å². The number of sulfone groups is 1. The van der Waals surface area contributed by atoms with Gasteiger partial charge in [-0.15, -0.1) is 22.7 Å². The Morgan fingerprint density at radius 1 is 1.09 bits per heavy atom. The van der Waals surface area contributed by atoms with Crippen molar-refractivity contribution >= 4 is 38.6 Å². The molecule has 0 aliphatic heterocycles. The van der Waals surface area contributed by atoms with Crippen molar-refractivity contribution in [3.05, 3.63) is 63.7 Å². The molecule has 1 amide bonds. The molecule has 34 heavy (non-hydrogen) atoms. The monoisotopic (exact) mass is 519 g/mol. The SMILES string of the molecule is CCCCOC(=O)N(CCS(=O)(=O)c1cccs1)Cc1cccc(-c2csc(CC(C)C)c2)c1. The van der Waals surface area contributed by atoms with E-state index in [1.54, 1.807) is 28.8 Å². The van der Waals surface area contributed by atoms with Gasteiger partial charge in [-0.2, -0.15) is 0 Å². The van der Waals surface area contributed by atoms with Gasteiger partial charge >= 0.3 is 6.09 Å². The molecule has 0 unspecified atom stereocenters. The summed E-state index contributed by atoms with van der Waals surface area (Å²) in [4.78, 5) is 15.7. The molecule has 0 N–H and O–H groups in total. The van der Waals surface area contributed by atoms with E-state index in [0.717, 1.165) is 30.4 Å². The van der Waals surface area contributed by atoms with Crippen LogP contribution >= 0.6 is 22.7 Å². The average molecular weight is 520 g/mol. The van der Waals surface area contributed by atoms with Gasteiger partial charge in [-0.25, -0.2) is 13.2 Å². The van der Waals surface area contributed by atoms with E-state index in [-0.39, 0.29) is 12.3 Å².